The molecule has 3 atom stereocenters. The molecule has 2 aromatic carbocycles. The summed E-state index contributed by atoms with van der Waals surface area (Å²) in [6.45, 7) is 6.07. The normalized spacial score (nSPS) is 20.4. The molecule has 34 heavy (non-hydrogen) atoms. The minimum Gasteiger partial charge on any atom is -0.488 e. The van der Waals surface area contributed by atoms with Gasteiger partial charge in [-0.05, 0) is 49.9 Å². The molecule has 0 spiro atoms. The van der Waals surface area contributed by atoms with E-state index in [2.05, 4.69) is 18.9 Å². The van der Waals surface area contributed by atoms with Crippen LogP contribution in [0.25, 0.3) is 0 Å². The maximum atomic E-state index is 13.5. The summed E-state index contributed by atoms with van der Waals surface area (Å²) < 4.78 is 17.4. The van der Waals surface area contributed by atoms with E-state index in [-0.39, 0.29) is 37.4 Å². The van der Waals surface area contributed by atoms with Crippen molar-refractivity contribution >= 4 is 11.6 Å². The quantitative estimate of drug-likeness (QED) is 0.668. The van der Waals surface area contributed by atoms with Crippen LogP contribution in [0.2, 0.25) is 0 Å². The second-order valence-electron chi connectivity index (χ2n) is 9.58. The first-order valence-electron chi connectivity index (χ1n) is 11.7. The molecule has 0 aliphatic carbocycles. The number of rotatable bonds is 7. The Bertz CT molecular complexity index is 1030. The molecule has 0 aromatic heterocycles. The number of ether oxygens (including phenoxy) is 3. The van der Waals surface area contributed by atoms with Crippen molar-refractivity contribution < 1.29 is 24.1 Å². The number of aliphatic hydroxyl groups is 1. The molecule has 0 unspecified atom stereocenters. The van der Waals surface area contributed by atoms with Gasteiger partial charge in [0.05, 0.1) is 18.2 Å². The molecular formula is C26H35N3O5. The van der Waals surface area contributed by atoms with E-state index >= 15 is 0 Å². The summed E-state index contributed by atoms with van der Waals surface area (Å²) in [5.41, 5.74) is 2.59. The van der Waals surface area contributed by atoms with E-state index in [1.54, 1.807) is 4.90 Å². The summed E-state index contributed by atoms with van der Waals surface area (Å²) in [5.74, 6) is 2.09. The lowest BCUT2D eigenvalue weighted by molar-refractivity contribution is 0.0341. The van der Waals surface area contributed by atoms with Crippen LogP contribution in [0.3, 0.4) is 0 Å². The highest BCUT2D eigenvalue weighted by Crippen LogP contribution is 2.34. The Morgan fingerprint density at radius 1 is 1.09 bits per heavy atom. The van der Waals surface area contributed by atoms with Gasteiger partial charge < -0.3 is 29.1 Å². The van der Waals surface area contributed by atoms with Gasteiger partial charge in [0, 0.05) is 45.3 Å². The minimum absolute atomic E-state index is 0.0684. The van der Waals surface area contributed by atoms with Gasteiger partial charge in [0.15, 0.2) is 11.5 Å². The molecule has 4 rings (SSSR count). The molecule has 0 fully saturated rings. The highest BCUT2D eigenvalue weighted by molar-refractivity contribution is 5.98. The summed E-state index contributed by atoms with van der Waals surface area (Å²) >= 11 is 0. The fourth-order valence-corrected chi connectivity index (χ4v) is 4.43. The van der Waals surface area contributed by atoms with Crippen molar-refractivity contribution in [3.05, 3.63) is 47.5 Å². The van der Waals surface area contributed by atoms with Gasteiger partial charge in [-0.3, -0.25) is 9.69 Å². The third kappa shape index (κ3) is 5.08. The zero-order valence-electron chi connectivity index (χ0n) is 20.7. The van der Waals surface area contributed by atoms with Gasteiger partial charge in [-0.25, -0.2) is 0 Å². The van der Waals surface area contributed by atoms with E-state index in [4.69, 9.17) is 14.2 Å². The monoisotopic (exact) mass is 469 g/mol. The van der Waals surface area contributed by atoms with E-state index in [9.17, 15) is 9.90 Å². The lowest BCUT2D eigenvalue weighted by Crippen LogP contribution is -2.49. The van der Waals surface area contributed by atoms with Crippen LogP contribution in [-0.2, 0) is 6.54 Å². The molecule has 1 amide bonds. The van der Waals surface area contributed by atoms with Crippen LogP contribution in [0.5, 0.6) is 17.2 Å². The lowest BCUT2D eigenvalue weighted by atomic mass is 9.99. The number of fused-ring (bicyclic) bond motifs is 2. The van der Waals surface area contributed by atoms with Crippen molar-refractivity contribution in [2.75, 3.05) is 52.5 Å². The predicted molar refractivity (Wildman–Crippen MR) is 131 cm³/mol. The van der Waals surface area contributed by atoms with Crippen molar-refractivity contribution in [3.8, 4) is 17.2 Å². The van der Waals surface area contributed by atoms with E-state index in [1.165, 1.54) is 0 Å². The molecule has 2 aliphatic rings. The summed E-state index contributed by atoms with van der Waals surface area (Å²) in [7, 11) is 5.95. The number of benzene rings is 2. The summed E-state index contributed by atoms with van der Waals surface area (Å²) in [6, 6.07) is 11.4. The first-order chi connectivity index (χ1) is 16.3. The second-order valence-corrected chi connectivity index (χ2v) is 9.58. The van der Waals surface area contributed by atoms with Crippen LogP contribution in [-0.4, -0.2) is 80.6 Å². The minimum atomic E-state index is -0.282. The van der Waals surface area contributed by atoms with Gasteiger partial charge in [-0.15, -0.1) is 0 Å². The lowest BCUT2D eigenvalue weighted by Gasteiger charge is -2.38. The van der Waals surface area contributed by atoms with Crippen LogP contribution < -0.4 is 19.1 Å². The Morgan fingerprint density at radius 3 is 2.56 bits per heavy atom. The molecule has 0 saturated carbocycles. The Balaban J connectivity index is 1.57. The van der Waals surface area contributed by atoms with E-state index in [0.717, 1.165) is 29.3 Å². The largest absolute Gasteiger partial charge is 0.488 e. The van der Waals surface area contributed by atoms with E-state index in [0.29, 0.717) is 24.4 Å². The van der Waals surface area contributed by atoms with Crippen LogP contribution >= 0.6 is 0 Å². The first-order valence-corrected chi connectivity index (χ1v) is 11.7. The van der Waals surface area contributed by atoms with Gasteiger partial charge in [0.2, 0.25) is 6.79 Å². The third-order valence-corrected chi connectivity index (χ3v) is 6.55. The van der Waals surface area contributed by atoms with Gasteiger partial charge in [-0.2, -0.15) is 0 Å². The molecule has 8 heteroatoms. The predicted octanol–water partition coefficient (Wildman–Crippen LogP) is 2.83. The smallest absolute Gasteiger partial charge is 0.258 e. The fraction of sp³-hybridized carbons (Fsp3) is 0.500. The number of carbonyl (C=O) groups is 1. The topological polar surface area (TPSA) is 74.7 Å². The number of hydrogen-bond donors (Lipinski definition) is 1. The number of amides is 1. The molecule has 184 valence electrons. The first kappa shape index (κ1) is 24.2. The van der Waals surface area contributed by atoms with Crippen molar-refractivity contribution in [1.29, 1.82) is 0 Å². The number of hydrogen-bond acceptors (Lipinski definition) is 7. The van der Waals surface area contributed by atoms with Crippen molar-refractivity contribution in [2.45, 2.75) is 32.5 Å². The average molecular weight is 470 g/mol. The van der Waals surface area contributed by atoms with E-state index in [1.807, 2.05) is 62.3 Å². The van der Waals surface area contributed by atoms with Crippen molar-refractivity contribution in [1.82, 2.24) is 9.80 Å². The van der Waals surface area contributed by atoms with Crippen LogP contribution in [0, 0.1) is 5.92 Å². The Labute approximate surface area is 201 Å². The second kappa shape index (κ2) is 10.1. The van der Waals surface area contributed by atoms with Crippen LogP contribution in [0.4, 0.5) is 5.69 Å². The molecule has 1 N–H and O–H groups in total. The summed E-state index contributed by atoms with van der Waals surface area (Å²) in [5, 5.41) is 9.83. The van der Waals surface area contributed by atoms with Crippen molar-refractivity contribution in [3.63, 3.8) is 0 Å². The number of nitrogens with zero attached hydrogens (tertiary/aromatic N) is 3. The molecule has 2 aromatic rings. The molecule has 2 heterocycles. The van der Waals surface area contributed by atoms with Crippen molar-refractivity contribution in [2.24, 2.45) is 5.92 Å². The maximum Gasteiger partial charge on any atom is 0.258 e. The van der Waals surface area contributed by atoms with Crippen LogP contribution in [0.1, 0.15) is 29.8 Å². The Kier molecular flexibility index (Phi) is 7.19. The van der Waals surface area contributed by atoms with Gasteiger partial charge in [-0.1, -0.05) is 13.0 Å². The summed E-state index contributed by atoms with van der Waals surface area (Å²) in [4.78, 5) is 19.4. The molecule has 0 bridgehead atoms. The highest BCUT2D eigenvalue weighted by atomic mass is 16.7. The van der Waals surface area contributed by atoms with Crippen LogP contribution in [0.15, 0.2) is 36.4 Å². The molecule has 0 radical (unpaired) electrons. The maximum absolute atomic E-state index is 13.5. The standard InChI is InChI=1S/C26H35N3O5/c1-17-12-29(18(2)15-30)26(31)21-11-20(27(3)4)7-9-22(21)34-25(17)14-28(5)13-19-6-8-23-24(10-19)33-16-32-23/h6-11,17-18,25,30H,12-16H2,1-5H3/t17-,18-,25+/m0/s1. The third-order valence-electron chi connectivity index (χ3n) is 6.55. The Hall–Kier alpha value is -2.97. The van der Waals surface area contributed by atoms with E-state index < -0.39 is 0 Å². The van der Waals surface area contributed by atoms with Gasteiger partial charge in [0.25, 0.3) is 5.91 Å². The number of carbonyl (C=O) groups excluding carboxylic acids is 1. The highest BCUT2D eigenvalue weighted by Gasteiger charge is 2.33. The molecular weight excluding hydrogens is 434 g/mol. The molecule has 2 aliphatic heterocycles. The number of anilines is 1. The average Bonchev–Trinajstić information content (AvgIpc) is 3.28. The fourth-order valence-electron chi connectivity index (χ4n) is 4.43. The van der Waals surface area contributed by atoms with Gasteiger partial charge in [0.1, 0.15) is 11.9 Å². The molecule has 8 nitrogen and oxygen atoms in total. The summed E-state index contributed by atoms with van der Waals surface area (Å²) in [6.07, 6.45) is -0.135. The van der Waals surface area contributed by atoms with Gasteiger partial charge >= 0.3 is 0 Å². The zero-order chi connectivity index (χ0) is 24.4. The Morgan fingerprint density at radius 2 is 1.82 bits per heavy atom. The molecule has 0 saturated heterocycles. The number of likely N-dealkylation sites (N-methyl/N-ethyl adjacent to an activating group) is 1. The zero-order valence-corrected chi connectivity index (χ0v) is 20.7. The SMILES string of the molecule is C[C@H]1CN([C@@H](C)CO)C(=O)c2cc(N(C)C)ccc2O[C@@H]1CN(C)Cc1ccc2c(c1)OCO2. The number of aliphatic hydroxyl groups excluding tert-OH is 1.